The summed E-state index contributed by atoms with van der Waals surface area (Å²) in [4.78, 5) is 27.1. The highest BCUT2D eigenvalue weighted by Gasteiger charge is 2.31. The summed E-state index contributed by atoms with van der Waals surface area (Å²) in [6, 6.07) is 11.2. The Bertz CT molecular complexity index is 1090. The van der Waals surface area contributed by atoms with Crippen LogP contribution in [0, 0.1) is 6.92 Å². The first-order chi connectivity index (χ1) is 15.0. The van der Waals surface area contributed by atoms with Crippen LogP contribution in [0.2, 0.25) is 5.02 Å². The van der Waals surface area contributed by atoms with Crippen molar-refractivity contribution in [3.8, 4) is 5.75 Å². The third kappa shape index (κ3) is 6.14. The number of aryl methyl sites for hydroxylation is 1. The number of nitrogens with zero attached hydrogens (tertiary/aromatic N) is 2. The van der Waals surface area contributed by atoms with Gasteiger partial charge in [0.25, 0.3) is 0 Å². The number of hydrogen-bond acceptors (Lipinski definition) is 5. The third-order valence-corrected chi connectivity index (χ3v) is 6.47. The Kier molecular flexibility index (Phi) is 8.51. The van der Waals surface area contributed by atoms with Gasteiger partial charge in [-0.3, -0.25) is 13.9 Å². The SMILES string of the molecule is CNC(=O)[C@@H](C)N(Cc1ccccc1C)C(=O)CN(c1cc(Cl)ccc1OC)S(C)(=O)=O. The number of benzene rings is 2. The van der Waals surface area contributed by atoms with Crippen LogP contribution in [-0.4, -0.2) is 58.1 Å². The first kappa shape index (κ1) is 25.5. The number of methoxy groups -OCH3 is 1. The van der Waals surface area contributed by atoms with Crippen LogP contribution in [0.25, 0.3) is 0 Å². The molecule has 1 N–H and O–H groups in total. The summed E-state index contributed by atoms with van der Waals surface area (Å²) in [5, 5.41) is 2.83. The quantitative estimate of drug-likeness (QED) is 0.594. The van der Waals surface area contributed by atoms with Crippen LogP contribution in [0.3, 0.4) is 0 Å². The molecule has 10 heteroatoms. The van der Waals surface area contributed by atoms with Crippen LogP contribution >= 0.6 is 11.6 Å². The monoisotopic (exact) mass is 481 g/mol. The Morgan fingerprint density at radius 3 is 2.41 bits per heavy atom. The summed E-state index contributed by atoms with van der Waals surface area (Å²) in [7, 11) is -1.00. The highest BCUT2D eigenvalue weighted by atomic mass is 35.5. The smallest absolute Gasteiger partial charge is 0.244 e. The van der Waals surface area contributed by atoms with Crippen LogP contribution in [-0.2, 0) is 26.2 Å². The van der Waals surface area contributed by atoms with Crippen molar-refractivity contribution in [2.45, 2.75) is 26.4 Å². The first-order valence-electron chi connectivity index (χ1n) is 9.86. The molecule has 0 saturated carbocycles. The van der Waals surface area contributed by atoms with E-state index in [1.165, 1.54) is 31.2 Å². The van der Waals surface area contributed by atoms with Gasteiger partial charge in [0.05, 0.1) is 19.1 Å². The van der Waals surface area contributed by atoms with Crippen LogP contribution in [0.15, 0.2) is 42.5 Å². The number of carbonyl (C=O) groups is 2. The molecule has 0 aromatic heterocycles. The minimum Gasteiger partial charge on any atom is -0.495 e. The van der Waals surface area contributed by atoms with Crippen LogP contribution in [0.5, 0.6) is 5.75 Å². The van der Waals surface area contributed by atoms with E-state index in [1.807, 2.05) is 31.2 Å². The number of nitrogens with one attached hydrogen (secondary N) is 1. The van der Waals surface area contributed by atoms with Crippen molar-refractivity contribution >= 4 is 39.1 Å². The van der Waals surface area contributed by atoms with Crippen LogP contribution < -0.4 is 14.4 Å². The maximum Gasteiger partial charge on any atom is 0.244 e. The van der Waals surface area contributed by atoms with Gasteiger partial charge in [0, 0.05) is 18.6 Å². The second-order valence-corrected chi connectivity index (χ2v) is 9.67. The summed E-state index contributed by atoms with van der Waals surface area (Å²) in [5.74, 6) is -0.660. The first-order valence-corrected chi connectivity index (χ1v) is 12.1. The van der Waals surface area contributed by atoms with Gasteiger partial charge in [-0.1, -0.05) is 35.9 Å². The Morgan fingerprint density at radius 2 is 1.84 bits per heavy atom. The fourth-order valence-corrected chi connectivity index (χ4v) is 4.23. The van der Waals surface area contributed by atoms with E-state index in [4.69, 9.17) is 16.3 Å². The summed E-state index contributed by atoms with van der Waals surface area (Å²) < 4.78 is 31.4. The number of rotatable bonds is 9. The maximum absolute atomic E-state index is 13.4. The molecule has 2 rings (SSSR count). The van der Waals surface area contributed by atoms with E-state index in [0.717, 1.165) is 21.7 Å². The molecule has 8 nitrogen and oxygen atoms in total. The summed E-state index contributed by atoms with van der Waals surface area (Å²) >= 11 is 6.08. The topological polar surface area (TPSA) is 96.0 Å². The van der Waals surface area contributed by atoms with E-state index < -0.39 is 28.5 Å². The lowest BCUT2D eigenvalue weighted by molar-refractivity contribution is -0.139. The van der Waals surface area contributed by atoms with E-state index in [2.05, 4.69) is 5.32 Å². The Labute approximate surface area is 194 Å². The molecule has 2 aromatic rings. The molecule has 174 valence electrons. The number of amides is 2. The van der Waals surface area contributed by atoms with Gasteiger partial charge in [-0.2, -0.15) is 0 Å². The van der Waals surface area contributed by atoms with Crippen molar-refractivity contribution in [3.05, 3.63) is 58.6 Å². The molecule has 1 atom stereocenters. The molecular weight excluding hydrogens is 454 g/mol. The molecule has 2 aromatic carbocycles. The molecule has 0 aliphatic heterocycles. The van der Waals surface area contributed by atoms with Gasteiger partial charge in [-0.25, -0.2) is 8.42 Å². The Hall–Kier alpha value is -2.78. The molecule has 0 unspecified atom stereocenters. The molecule has 0 fully saturated rings. The van der Waals surface area contributed by atoms with Crippen LogP contribution in [0.4, 0.5) is 5.69 Å². The van der Waals surface area contributed by atoms with E-state index in [1.54, 1.807) is 13.0 Å². The van der Waals surface area contributed by atoms with Crippen molar-refractivity contribution in [1.82, 2.24) is 10.2 Å². The normalized spacial score (nSPS) is 12.1. The molecule has 0 bridgehead atoms. The van der Waals surface area contributed by atoms with Crippen molar-refractivity contribution in [1.29, 1.82) is 0 Å². The summed E-state index contributed by atoms with van der Waals surface area (Å²) in [5.41, 5.74) is 1.94. The van der Waals surface area contributed by atoms with Gasteiger partial charge < -0.3 is 15.0 Å². The Balaban J connectivity index is 2.47. The zero-order valence-corrected chi connectivity index (χ0v) is 20.3. The van der Waals surface area contributed by atoms with Gasteiger partial charge in [-0.05, 0) is 43.2 Å². The minimum atomic E-state index is -3.88. The molecule has 0 heterocycles. The zero-order chi connectivity index (χ0) is 24.1. The molecule has 0 saturated heterocycles. The number of halogens is 1. The average molecular weight is 482 g/mol. The van der Waals surface area contributed by atoms with Gasteiger partial charge in [0.1, 0.15) is 18.3 Å². The predicted octanol–water partition coefficient (Wildman–Crippen LogP) is 2.59. The van der Waals surface area contributed by atoms with Crippen molar-refractivity contribution in [3.63, 3.8) is 0 Å². The fraction of sp³-hybridized carbons (Fsp3) is 0.364. The number of hydrogen-bond donors (Lipinski definition) is 1. The molecule has 2 amide bonds. The lowest BCUT2D eigenvalue weighted by atomic mass is 10.1. The van der Waals surface area contributed by atoms with Gasteiger partial charge in [0.15, 0.2) is 0 Å². The average Bonchev–Trinajstić information content (AvgIpc) is 2.74. The van der Waals surface area contributed by atoms with E-state index in [0.29, 0.717) is 0 Å². The van der Waals surface area contributed by atoms with Crippen LogP contribution in [0.1, 0.15) is 18.1 Å². The lowest BCUT2D eigenvalue weighted by Gasteiger charge is -2.32. The predicted molar refractivity (Wildman–Crippen MR) is 125 cm³/mol. The van der Waals surface area contributed by atoms with Crippen molar-refractivity contribution in [2.75, 3.05) is 31.3 Å². The molecule has 0 aliphatic carbocycles. The van der Waals surface area contributed by atoms with Crippen molar-refractivity contribution < 1.29 is 22.7 Å². The lowest BCUT2D eigenvalue weighted by Crippen LogP contribution is -2.50. The number of anilines is 1. The molecule has 0 spiro atoms. The third-order valence-electron chi connectivity index (χ3n) is 5.10. The molecular formula is C22H28ClN3O5S. The highest BCUT2D eigenvalue weighted by Crippen LogP contribution is 2.33. The zero-order valence-electron chi connectivity index (χ0n) is 18.8. The van der Waals surface area contributed by atoms with Gasteiger partial charge >= 0.3 is 0 Å². The number of ether oxygens (including phenoxy) is 1. The van der Waals surface area contributed by atoms with Gasteiger partial charge in [-0.15, -0.1) is 0 Å². The summed E-state index contributed by atoms with van der Waals surface area (Å²) in [6.07, 6.45) is 0.995. The molecule has 0 aliphatic rings. The van der Waals surface area contributed by atoms with Gasteiger partial charge in [0.2, 0.25) is 21.8 Å². The molecule has 32 heavy (non-hydrogen) atoms. The van der Waals surface area contributed by atoms with E-state index in [9.17, 15) is 18.0 Å². The van der Waals surface area contributed by atoms with Crippen molar-refractivity contribution in [2.24, 2.45) is 0 Å². The Morgan fingerprint density at radius 1 is 1.19 bits per heavy atom. The second-order valence-electron chi connectivity index (χ2n) is 7.32. The maximum atomic E-state index is 13.4. The standard InChI is InChI=1S/C22H28ClN3O5S/c1-15-8-6-7-9-17(15)13-25(16(2)22(28)24-3)21(27)14-26(32(5,29)30)19-12-18(23)10-11-20(19)31-4/h6-12,16H,13-14H2,1-5H3,(H,24,28)/t16-/m1/s1. The second kappa shape index (κ2) is 10.7. The number of likely N-dealkylation sites (N-methyl/N-ethyl adjacent to an activating group) is 1. The van der Waals surface area contributed by atoms with E-state index >= 15 is 0 Å². The molecule has 0 radical (unpaired) electrons. The number of carbonyl (C=O) groups excluding carboxylic acids is 2. The van der Waals surface area contributed by atoms with E-state index in [-0.39, 0.29) is 28.9 Å². The number of sulfonamides is 1. The minimum absolute atomic E-state index is 0.138. The highest BCUT2D eigenvalue weighted by molar-refractivity contribution is 7.92. The summed E-state index contributed by atoms with van der Waals surface area (Å²) in [6.45, 7) is 3.12. The fourth-order valence-electron chi connectivity index (χ4n) is 3.22. The largest absolute Gasteiger partial charge is 0.495 e.